The number of carbonyl (C=O) groups is 1. The van der Waals surface area contributed by atoms with E-state index in [2.05, 4.69) is 24.1 Å². The van der Waals surface area contributed by atoms with Gasteiger partial charge in [-0.15, -0.1) is 0 Å². The smallest absolute Gasteiger partial charge is 0.253 e. The number of hydrogen-bond donors (Lipinski definition) is 2. The number of carbonyl (C=O) groups excluding carboxylic acids is 1. The fourth-order valence-corrected chi connectivity index (χ4v) is 2.04. The predicted octanol–water partition coefficient (Wildman–Crippen LogP) is 1.72. The van der Waals surface area contributed by atoms with Crippen LogP contribution >= 0.6 is 0 Å². The molecule has 1 rings (SSSR count). The Morgan fingerprint density at radius 3 is 2.58 bits per heavy atom. The van der Waals surface area contributed by atoms with Gasteiger partial charge < -0.3 is 16.0 Å². The van der Waals surface area contributed by atoms with Crippen molar-refractivity contribution in [3.05, 3.63) is 29.6 Å². The standard InChI is InChI=1S/C14H22FN3O/c1-9(2)12(18(3)4)8-17-14(19)10-6-5-7-11(15)13(10)16/h5-7,9,12H,8,16H2,1-4H3,(H,17,19). The average Bonchev–Trinajstić information content (AvgIpc) is 2.31. The van der Waals surface area contributed by atoms with Crippen LogP contribution in [-0.4, -0.2) is 37.5 Å². The van der Waals surface area contributed by atoms with Gasteiger partial charge in [-0.1, -0.05) is 19.9 Å². The van der Waals surface area contributed by atoms with Gasteiger partial charge in [0.25, 0.3) is 5.91 Å². The summed E-state index contributed by atoms with van der Waals surface area (Å²) in [5.74, 6) is -0.509. The molecular weight excluding hydrogens is 245 g/mol. The zero-order valence-corrected chi connectivity index (χ0v) is 11.9. The van der Waals surface area contributed by atoms with Crippen LogP contribution in [0.5, 0.6) is 0 Å². The molecule has 1 unspecified atom stereocenters. The number of amides is 1. The molecule has 5 heteroatoms. The van der Waals surface area contributed by atoms with E-state index < -0.39 is 5.82 Å². The number of benzene rings is 1. The van der Waals surface area contributed by atoms with Crippen LogP contribution in [0.4, 0.5) is 10.1 Å². The Bertz CT molecular complexity index is 438. The molecule has 1 amide bonds. The second-order valence-electron chi connectivity index (χ2n) is 5.19. The van der Waals surface area contributed by atoms with Gasteiger partial charge in [0.15, 0.2) is 0 Å². The molecular formula is C14H22FN3O. The van der Waals surface area contributed by atoms with E-state index in [9.17, 15) is 9.18 Å². The highest BCUT2D eigenvalue weighted by molar-refractivity contribution is 5.99. The highest BCUT2D eigenvalue weighted by atomic mass is 19.1. The number of halogens is 1. The molecule has 4 nitrogen and oxygen atoms in total. The molecule has 0 aliphatic heterocycles. The monoisotopic (exact) mass is 267 g/mol. The fourth-order valence-electron chi connectivity index (χ4n) is 2.04. The first-order valence-electron chi connectivity index (χ1n) is 6.33. The second kappa shape index (κ2) is 6.52. The summed E-state index contributed by atoms with van der Waals surface area (Å²) in [6.07, 6.45) is 0. The molecule has 0 spiro atoms. The van der Waals surface area contributed by atoms with Crippen LogP contribution in [0.25, 0.3) is 0 Å². The van der Waals surface area contributed by atoms with Gasteiger partial charge in [0, 0.05) is 12.6 Å². The molecule has 0 heterocycles. The lowest BCUT2D eigenvalue weighted by Gasteiger charge is -2.28. The summed E-state index contributed by atoms with van der Waals surface area (Å²) < 4.78 is 13.3. The number of nitrogen functional groups attached to an aromatic ring is 1. The summed E-state index contributed by atoms with van der Waals surface area (Å²) >= 11 is 0. The maximum atomic E-state index is 13.3. The van der Waals surface area contributed by atoms with E-state index in [1.165, 1.54) is 18.2 Å². The minimum atomic E-state index is -0.569. The van der Waals surface area contributed by atoms with E-state index in [0.717, 1.165) is 0 Å². The van der Waals surface area contributed by atoms with Gasteiger partial charge >= 0.3 is 0 Å². The zero-order valence-electron chi connectivity index (χ0n) is 11.9. The normalized spacial score (nSPS) is 12.8. The maximum Gasteiger partial charge on any atom is 0.253 e. The lowest BCUT2D eigenvalue weighted by atomic mass is 10.0. The van der Waals surface area contributed by atoms with Crippen LogP contribution in [0.1, 0.15) is 24.2 Å². The number of hydrogen-bond acceptors (Lipinski definition) is 3. The van der Waals surface area contributed by atoms with Gasteiger partial charge in [0.05, 0.1) is 11.3 Å². The molecule has 106 valence electrons. The molecule has 0 aromatic heterocycles. The van der Waals surface area contributed by atoms with Crippen molar-refractivity contribution in [2.24, 2.45) is 5.92 Å². The number of para-hydroxylation sites is 1. The Balaban J connectivity index is 2.72. The Morgan fingerprint density at radius 2 is 2.05 bits per heavy atom. The van der Waals surface area contributed by atoms with Gasteiger partial charge in [-0.05, 0) is 32.1 Å². The SMILES string of the molecule is CC(C)C(CNC(=O)c1cccc(F)c1N)N(C)C. The van der Waals surface area contributed by atoms with Crippen LogP contribution in [0.3, 0.4) is 0 Å². The first kappa shape index (κ1) is 15.4. The van der Waals surface area contributed by atoms with Gasteiger partial charge in [-0.2, -0.15) is 0 Å². The molecule has 0 fully saturated rings. The topological polar surface area (TPSA) is 58.4 Å². The summed E-state index contributed by atoms with van der Waals surface area (Å²) in [6.45, 7) is 4.68. The van der Waals surface area contributed by atoms with Crippen LogP contribution < -0.4 is 11.1 Å². The first-order chi connectivity index (χ1) is 8.84. The van der Waals surface area contributed by atoms with E-state index in [4.69, 9.17) is 5.73 Å². The third-order valence-electron chi connectivity index (χ3n) is 3.20. The van der Waals surface area contributed by atoms with E-state index in [0.29, 0.717) is 12.5 Å². The summed E-state index contributed by atoms with van der Waals surface area (Å²) in [5, 5.41) is 2.80. The Morgan fingerprint density at radius 1 is 1.42 bits per heavy atom. The third kappa shape index (κ3) is 3.92. The molecule has 0 aliphatic rings. The number of nitrogens with one attached hydrogen (secondary N) is 1. The van der Waals surface area contributed by atoms with Crippen LogP contribution in [0, 0.1) is 11.7 Å². The lowest BCUT2D eigenvalue weighted by molar-refractivity contribution is 0.0935. The molecule has 0 bridgehead atoms. The van der Waals surface area contributed by atoms with Gasteiger partial charge in [-0.3, -0.25) is 4.79 Å². The number of nitrogens with zero attached hydrogens (tertiary/aromatic N) is 1. The molecule has 0 radical (unpaired) electrons. The highest BCUT2D eigenvalue weighted by Gasteiger charge is 2.18. The summed E-state index contributed by atoms with van der Waals surface area (Å²) in [6, 6.07) is 4.46. The van der Waals surface area contributed by atoms with Crippen molar-refractivity contribution in [1.82, 2.24) is 10.2 Å². The van der Waals surface area contributed by atoms with Crippen molar-refractivity contribution < 1.29 is 9.18 Å². The predicted molar refractivity (Wildman–Crippen MR) is 75.5 cm³/mol. The van der Waals surface area contributed by atoms with Crippen molar-refractivity contribution in [1.29, 1.82) is 0 Å². The molecule has 0 saturated carbocycles. The van der Waals surface area contributed by atoms with E-state index in [-0.39, 0.29) is 23.2 Å². The molecule has 0 saturated heterocycles. The molecule has 1 atom stereocenters. The average molecular weight is 267 g/mol. The van der Waals surface area contributed by atoms with Crippen molar-refractivity contribution in [2.75, 3.05) is 26.4 Å². The van der Waals surface area contributed by atoms with Crippen molar-refractivity contribution in [3.8, 4) is 0 Å². The number of nitrogens with two attached hydrogens (primary N) is 1. The lowest BCUT2D eigenvalue weighted by Crippen LogP contribution is -2.43. The van der Waals surface area contributed by atoms with Crippen molar-refractivity contribution in [3.63, 3.8) is 0 Å². The summed E-state index contributed by atoms with van der Waals surface area (Å²) in [7, 11) is 3.93. The Labute approximate surface area is 113 Å². The Hall–Kier alpha value is -1.62. The molecule has 1 aromatic rings. The second-order valence-corrected chi connectivity index (χ2v) is 5.19. The van der Waals surface area contributed by atoms with E-state index >= 15 is 0 Å². The summed E-state index contributed by atoms with van der Waals surface area (Å²) in [5.41, 5.74) is 5.64. The number of rotatable bonds is 5. The van der Waals surface area contributed by atoms with E-state index in [1.807, 2.05) is 14.1 Å². The first-order valence-corrected chi connectivity index (χ1v) is 6.33. The largest absolute Gasteiger partial charge is 0.396 e. The van der Waals surface area contributed by atoms with Gasteiger partial charge in [0.2, 0.25) is 0 Å². The molecule has 1 aromatic carbocycles. The summed E-state index contributed by atoms with van der Waals surface area (Å²) in [4.78, 5) is 14.0. The molecule has 19 heavy (non-hydrogen) atoms. The molecule has 0 aliphatic carbocycles. The minimum absolute atomic E-state index is 0.106. The van der Waals surface area contributed by atoms with Gasteiger partial charge in [-0.25, -0.2) is 4.39 Å². The Kier molecular flexibility index (Phi) is 5.30. The van der Waals surface area contributed by atoms with Crippen LogP contribution in [0.15, 0.2) is 18.2 Å². The van der Waals surface area contributed by atoms with Gasteiger partial charge in [0.1, 0.15) is 5.82 Å². The number of likely N-dealkylation sites (N-methyl/N-ethyl adjacent to an activating group) is 1. The maximum absolute atomic E-state index is 13.3. The number of anilines is 1. The fraction of sp³-hybridized carbons (Fsp3) is 0.500. The van der Waals surface area contributed by atoms with Crippen molar-refractivity contribution in [2.45, 2.75) is 19.9 Å². The van der Waals surface area contributed by atoms with E-state index in [1.54, 1.807) is 0 Å². The minimum Gasteiger partial charge on any atom is -0.396 e. The highest BCUT2D eigenvalue weighted by Crippen LogP contribution is 2.15. The third-order valence-corrected chi connectivity index (χ3v) is 3.20. The van der Waals surface area contributed by atoms with Crippen LogP contribution in [0.2, 0.25) is 0 Å². The zero-order chi connectivity index (χ0) is 14.6. The van der Waals surface area contributed by atoms with Crippen LogP contribution in [-0.2, 0) is 0 Å². The molecule has 3 N–H and O–H groups in total. The quantitative estimate of drug-likeness (QED) is 0.799. The van der Waals surface area contributed by atoms with Crippen molar-refractivity contribution >= 4 is 11.6 Å².